The van der Waals surface area contributed by atoms with Gasteiger partial charge in [-0.2, -0.15) is 0 Å². The Labute approximate surface area is 128 Å². The van der Waals surface area contributed by atoms with Crippen LogP contribution < -0.4 is 5.32 Å². The Hall–Kier alpha value is -1.35. The summed E-state index contributed by atoms with van der Waals surface area (Å²) >= 11 is 0. The van der Waals surface area contributed by atoms with Crippen molar-refractivity contribution >= 4 is 5.97 Å². The number of nitrogens with one attached hydrogen (secondary N) is 1. The van der Waals surface area contributed by atoms with Gasteiger partial charge in [0.1, 0.15) is 6.10 Å². The third-order valence-corrected chi connectivity index (χ3v) is 4.33. The van der Waals surface area contributed by atoms with Crippen molar-refractivity contribution in [2.45, 2.75) is 52.1 Å². The van der Waals surface area contributed by atoms with Crippen LogP contribution in [-0.4, -0.2) is 25.2 Å². The SMILES string of the molecule is C=C1C(=O)O[C@@H]2/C=C(\C)CC/C=C(\CNCCC)CC[C@H]12. The van der Waals surface area contributed by atoms with Crippen LogP contribution in [0.2, 0.25) is 0 Å². The molecule has 2 aliphatic rings. The topological polar surface area (TPSA) is 38.3 Å². The molecule has 0 aromatic carbocycles. The average molecular weight is 289 g/mol. The summed E-state index contributed by atoms with van der Waals surface area (Å²) in [5.41, 5.74) is 3.39. The van der Waals surface area contributed by atoms with Gasteiger partial charge in [-0.05, 0) is 51.6 Å². The number of fused-ring (bicyclic) bond motifs is 1. The van der Waals surface area contributed by atoms with Gasteiger partial charge in [0.05, 0.1) is 0 Å². The van der Waals surface area contributed by atoms with Gasteiger partial charge in [-0.3, -0.25) is 0 Å². The molecule has 1 heterocycles. The summed E-state index contributed by atoms with van der Waals surface area (Å²) in [5.74, 6) is -0.0805. The molecule has 0 aromatic rings. The molecule has 0 aromatic heterocycles. The van der Waals surface area contributed by atoms with E-state index in [1.54, 1.807) is 0 Å². The molecule has 0 bridgehead atoms. The van der Waals surface area contributed by atoms with Gasteiger partial charge in [0.25, 0.3) is 0 Å². The normalized spacial score (nSPS) is 31.7. The summed E-state index contributed by atoms with van der Waals surface area (Å²) in [6.45, 7) is 10.2. The van der Waals surface area contributed by atoms with E-state index in [1.807, 2.05) is 0 Å². The van der Waals surface area contributed by atoms with Crippen molar-refractivity contribution in [3.8, 4) is 0 Å². The molecule has 0 radical (unpaired) electrons. The zero-order valence-corrected chi connectivity index (χ0v) is 13.3. The first-order chi connectivity index (χ1) is 10.1. The number of carbonyl (C=O) groups is 1. The second-order valence-electron chi connectivity index (χ2n) is 6.13. The molecule has 1 fully saturated rings. The van der Waals surface area contributed by atoms with Crippen LogP contribution in [0.3, 0.4) is 0 Å². The third-order valence-electron chi connectivity index (χ3n) is 4.33. The zero-order valence-electron chi connectivity index (χ0n) is 13.3. The van der Waals surface area contributed by atoms with Gasteiger partial charge in [-0.15, -0.1) is 0 Å². The highest BCUT2D eigenvalue weighted by atomic mass is 16.5. The second-order valence-corrected chi connectivity index (χ2v) is 6.13. The molecule has 1 saturated heterocycles. The van der Waals surface area contributed by atoms with Gasteiger partial charge in [-0.1, -0.05) is 30.7 Å². The molecule has 0 saturated carbocycles. The Kier molecular flexibility index (Phi) is 5.80. The number of rotatable bonds is 4. The molecule has 0 unspecified atom stereocenters. The molecule has 1 aliphatic heterocycles. The minimum absolute atomic E-state index is 0.104. The second kappa shape index (κ2) is 7.60. The van der Waals surface area contributed by atoms with E-state index in [-0.39, 0.29) is 18.0 Å². The van der Waals surface area contributed by atoms with Gasteiger partial charge in [-0.25, -0.2) is 4.79 Å². The summed E-state index contributed by atoms with van der Waals surface area (Å²) < 4.78 is 5.46. The predicted molar refractivity (Wildman–Crippen MR) is 86.0 cm³/mol. The maximum absolute atomic E-state index is 11.8. The minimum Gasteiger partial charge on any atom is -0.454 e. The quantitative estimate of drug-likeness (QED) is 0.372. The molecular formula is C18H27NO2. The number of ether oxygens (including phenoxy) is 1. The van der Waals surface area contributed by atoms with Crippen LogP contribution in [0.1, 0.15) is 46.0 Å². The van der Waals surface area contributed by atoms with E-state index in [0.717, 1.165) is 45.2 Å². The standard InChI is InChI=1S/C18H27NO2/c1-4-10-19-12-15-7-5-6-13(2)11-17-16(9-8-15)14(3)18(20)21-17/h7,11,16-17,19H,3-6,8-10,12H2,1-2H3/b13-11+,15-7-/t16-,17-/m1/s1. The minimum atomic E-state index is -0.220. The maximum atomic E-state index is 11.8. The summed E-state index contributed by atoms with van der Waals surface area (Å²) in [5, 5.41) is 3.48. The third kappa shape index (κ3) is 4.31. The largest absolute Gasteiger partial charge is 0.454 e. The average Bonchev–Trinajstić information content (AvgIpc) is 2.71. The molecule has 2 atom stereocenters. The van der Waals surface area contributed by atoms with Crippen LogP contribution in [0.15, 0.2) is 35.5 Å². The van der Waals surface area contributed by atoms with E-state index in [2.05, 4.69) is 37.9 Å². The number of carbonyl (C=O) groups excluding carboxylic acids is 1. The molecule has 0 amide bonds. The summed E-state index contributed by atoms with van der Waals surface area (Å²) in [6.07, 6.45) is 9.59. The van der Waals surface area contributed by atoms with E-state index in [1.165, 1.54) is 11.1 Å². The highest BCUT2D eigenvalue weighted by molar-refractivity contribution is 5.91. The van der Waals surface area contributed by atoms with Crippen molar-refractivity contribution < 1.29 is 9.53 Å². The van der Waals surface area contributed by atoms with Crippen LogP contribution in [0, 0.1) is 5.92 Å². The number of allylic oxidation sites excluding steroid dienone is 2. The van der Waals surface area contributed by atoms with Crippen molar-refractivity contribution in [2.24, 2.45) is 5.92 Å². The van der Waals surface area contributed by atoms with Gasteiger partial charge in [0.15, 0.2) is 0 Å². The van der Waals surface area contributed by atoms with Crippen molar-refractivity contribution in [3.05, 3.63) is 35.5 Å². The highest BCUT2D eigenvalue weighted by Gasteiger charge is 2.37. The van der Waals surface area contributed by atoms with Gasteiger partial charge in [0, 0.05) is 18.0 Å². The van der Waals surface area contributed by atoms with Gasteiger partial charge >= 0.3 is 5.97 Å². The predicted octanol–water partition coefficient (Wildman–Crippen LogP) is 3.53. The van der Waals surface area contributed by atoms with Crippen molar-refractivity contribution in [2.75, 3.05) is 13.1 Å². The fraction of sp³-hybridized carbons (Fsp3) is 0.611. The van der Waals surface area contributed by atoms with Crippen molar-refractivity contribution in [3.63, 3.8) is 0 Å². The molecule has 0 spiro atoms. The zero-order chi connectivity index (χ0) is 15.2. The molecule has 1 aliphatic carbocycles. The number of hydrogen-bond donors (Lipinski definition) is 1. The lowest BCUT2D eigenvalue weighted by molar-refractivity contribution is -0.137. The molecule has 2 rings (SSSR count). The van der Waals surface area contributed by atoms with E-state index in [9.17, 15) is 4.79 Å². The molecular weight excluding hydrogens is 262 g/mol. The van der Waals surface area contributed by atoms with Crippen LogP contribution in [0.5, 0.6) is 0 Å². The van der Waals surface area contributed by atoms with E-state index < -0.39 is 0 Å². The lowest BCUT2D eigenvalue weighted by Gasteiger charge is -2.18. The van der Waals surface area contributed by atoms with Crippen LogP contribution >= 0.6 is 0 Å². The fourth-order valence-electron chi connectivity index (χ4n) is 3.02. The lowest BCUT2D eigenvalue weighted by atomic mass is 9.88. The van der Waals surface area contributed by atoms with Gasteiger partial charge in [0.2, 0.25) is 0 Å². The molecule has 116 valence electrons. The Morgan fingerprint density at radius 3 is 3.00 bits per heavy atom. The van der Waals surface area contributed by atoms with Gasteiger partial charge < -0.3 is 10.1 Å². The van der Waals surface area contributed by atoms with Crippen LogP contribution in [0.4, 0.5) is 0 Å². The number of hydrogen-bond acceptors (Lipinski definition) is 3. The number of esters is 1. The van der Waals surface area contributed by atoms with Crippen molar-refractivity contribution in [1.29, 1.82) is 0 Å². The van der Waals surface area contributed by atoms with E-state index in [0.29, 0.717) is 5.57 Å². The van der Waals surface area contributed by atoms with E-state index in [4.69, 9.17) is 4.74 Å². The Balaban J connectivity index is 2.07. The summed E-state index contributed by atoms with van der Waals surface area (Å²) in [4.78, 5) is 11.8. The monoisotopic (exact) mass is 289 g/mol. The van der Waals surface area contributed by atoms with Crippen LogP contribution in [0.25, 0.3) is 0 Å². The molecule has 3 heteroatoms. The summed E-state index contributed by atoms with van der Waals surface area (Å²) in [7, 11) is 0. The Morgan fingerprint density at radius 1 is 1.43 bits per heavy atom. The fourth-order valence-corrected chi connectivity index (χ4v) is 3.02. The lowest BCUT2D eigenvalue weighted by Crippen LogP contribution is -2.20. The Bertz CT molecular complexity index is 462. The van der Waals surface area contributed by atoms with E-state index >= 15 is 0 Å². The molecule has 3 nitrogen and oxygen atoms in total. The Morgan fingerprint density at radius 2 is 2.24 bits per heavy atom. The molecule has 1 N–H and O–H groups in total. The first-order valence-corrected chi connectivity index (χ1v) is 8.07. The maximum Gasteiger partial charge on any atom is 0.334 e. The first-order valence-electron chi connectivity index (χ1n) is 8.07. The first kappa shape index (κ1) is 16.0. The summed E-state index contributed by atoms with van der Waals surface area (Å²) in [6, 6.07) is 0. The smallest absolute Gasteiger partial charge is 0.334 e. The molecule has 21 heavy (non-hydrogen) atoms. The van der Waals surface area contributed by atoms with Crippen molar-refractivity contribution in [1.82, 2.24) is 5.32 Å². The van der Waals surface area contributed by atoms with Crippen LogP contribution in [-0.2, 0) is 9.53 Å². The highest BCUT2D eigenvalue weighted by Crippen LogP contribution is 2.34.